The van der Waals surface area contributed by atoms with Gasteiger partial charge in [0.15, 0.2) is 5.78 Å². The Morgan fingerprint density at radius 1 is 1.10 bits per heavy atom. The van der Waals surface area contributed by atoms with Crippen molar-refractivity contribution in [2.45, 2.75) is 38.5 Å². The number of likely N-dealkylation sites (tertiary alicyclic amines) is 1. The summed E-state index contributed by atoms with van der Waals surface area (Å²) in [5, 5.41) is 1.02. The van der Waals surface area contributed by atoms with E-state index < -0.39 is 0 Å². The number of hydrogen-bond acceptors (Lipinski definition) is 2. The number of rotatable bonds is 3. The van der Waals surface area contributed by atoms with Gasteiger partial charge in [-0.3, -0.25) is 9.69 Å². The average Bonchev–Trinajstić information content (AvgIpc) is 2.90. The third kappa shape index (κ3) is 3.44. The Kier molecular flexibility index (Phi) is 4.58. The molecule has 2 aliphatic rings. The second kappa shape index (κ2) is 6.28. The van der Waals surface area contributed by atoms with Crippen LogP contribution in [0.5, 0.6) is 0 Å². The number of nitrogens with zero attached hydrogens (tertiary/aromatic N) is 1. The monoisotopic (exact) mass is 325 g/mol. The standard InChI is InChI=1S/C17H21Cl2NO/c18-13-3-4-14(15(19)11-13)16(21)12-20-9-7-17(8-10-20)5-1-2-6-17/h3-4,11H,1-2,5-10,12H2. The van der Waals surface area contributed by atoms with E-state index in [1.54, 1.807) is 18.2 Å². The van der Waals surface area contributed by atoms with Crippen LogP contribution in [0.2, 0.25) is 10.0 Å². The van der Waals surface area contributed by atoms with Crippen LogP contribution in [-0.2, 0) is 0 Å². The molecule has 1 aromatic rings. The Labute approximate surface area is 136 Å². The number of benzene rings is 1. The maximum Gasteiger partial charge on any atom is 0.178 e. The zero-order valence-electron chi connectivity index (χ0n) is 12.2. The van der Waals surface area contributed by atoms with E-state index in [2.05, 4.69) is 4.90 Å². The maximum atomic E-state index is 12.4. The molecule has 1 aliphatic carbocycles. The van der Waals surface area contributed by atoms with Gasteiger partial charge < -0.3 is 0 Å². The van der Waals surface area contributed by atoms with Gasteiger partial charge in [0.05, 0.1) is 11.6 Å². The molecule has 0 aromatic heterocycles. The Morgan fingerprint density at radius 2 is 1.76 bits per heavy atom. The highest BCUT2D eigenvalue weighted by molar-refractivity contribution is 6.36. The molecule has 1 saturated carbocycles. The number of ketones is 1. The van der Waals surface area contributed by atoms with Gasteiger partial charge in [-0.25, -0.2) is 0 Å². The van der Waals surface area contributed by atoms with Crippen LogP contribution in [0, 0.1) is 5.41 Å². The molecule has 4 heteroatoms. The molecule has 1 spiro atoms. The third-order valence-corrected chi connectivity index (χ3v) is 5.73. The Bertz CT molecular complexity index is 528. The van der Waals surface area contributed by atoms with Crippen molar-refractivity contribution in [3.8, 4) is 0 Å². The minimum Gasteiger partial charge on any atom is -0.296 e. The van der Waals surface area contributed by atoms with Crippen molar-refractivity contribution < 1.29 is 4.79 Å². The zero-order chi connectivity index (χ0) is 14.9. The third-order valence-electron chi connectivity index (χ3n) is 5.18. The highest BCUT2D eigenvalue weighted by Gasteiger charge is 2.37. The SMILES string of the molecule is O=C(CN1CCC2(CCCC2)CC1)c1ccc(Cl)cc1Cl. The fourth-order valence-corrected chi connectivity index (χ4v) is 4.33. The Balaban J connectivity index is 1.58. The molecule has 0 amide bonds. The van der Waals surface area contributed by atoms with Crippen molar-refractivity contribution in [1.29, 1.82) is 0 Å². The minimum atomic E-state index is 0.0963. The summed E-state index contributed by atoms with van der Waals surface area (Å²) >= 11 is 12.0. The van der Waals surface area contributed by atoms with Gasteiger partial charge in [0, 0.05) is 10.6 Å². The number of Topliss-reactive ketones (excluding diaryl/α,β-unsaturated/α-hetero) is 1. The quantitative estimate of drug-likeness (QED) is 0.741. The zero-order valence-corrected chi connectivity index (χ0v) is 13.7. The molecular formula is C17H21Cl2NO. The molecule has 1 saturated heterocycles. The van der Waals surface area contributed by atoms with Crippen molar-refractivity contribution in [3.63, 3.8) is 0 Å². The van der Waals surface area contributed by atoms with Crippen LogP contribution < -0.4 is 0 Å². The van der Waals surface area contributed by atoms with E-state index in [0.29, 0.717) is 27.6 Å². The fraction of sp³-hybridized carbons (Fsp3) is 0.588. The van der Waals surface area contributed by atoms with Crippen molar-refractivity contribution in [2.75, 3.05) is 19.6 Å². The van der Waals surface area contributed by atoms with Crippen molar-refractivity contribution in [2.24, 2.45) is 5.41 Å². The van der Waals surface area contributed by atoms with Gasteiger partial charge in [-0.15, -0.1) is 0 Å². The first kappa shape index (κ1) is 15.3. The molecular weight excluding hydrogens is 305 g/mol. The van der Waals surface area contributed by atoms with E-state index in [0.717, 1.165) is 13.1 Å². The smallest absolute Gasteiger partial charge is 0.178 e. The van der Waals surface area contributed by atoms with Crippen LogP contribution in [0.1, 0.15) is 48.9 Å². The van der Waals surface area contributed by atoms with Crippen molar-refractivity contribution in [1.82, 2.24) is 4.90 Å². The number of hydrogen-bond donors (Lipinski definition) is 0. The lowest BCUT2D eigenvalue weighted by Gasteiger charge is -2.39. The first-order chi connectivity index (χ1) is 10.1. The number of carbonyl (C=O) groups is 1. The van der Waals surface area contributed by atoms with E-state index in [1.165, 1.54) is 38.5 Å². The van der Waals surface area contributed by atoms with Gasteiger partial charge in [-0.1, -0.05) is 36.0 Å². The second-order valence-corrected chi connectivity index (χ2v) is 7.37. The normalized spacial score (nSPS) is 21.8. The van der Waals surface area contributed by atoms with E-state index >= 15 is 0 Å². The van der Waals surface area contributed by atoms with Gasteiger partial charge in [0.2, 0.25) is 0 Å². The highest BCUT2D eigenvalue weighted by atomic mass is 35.5. The largest absolute Gasteiger partial charge is 0.296 e. The van der Waals surface area contributed by atoms with E-state index in [9.17, 15) is 4.79 Å². The lowest BCUT2D eigenvalue weighted by molar-refractivity contribution is 0.0797. The van der Waals surface area contributed by atoms with E-state index in [4.69, 9.17) is 23.2 Å². The lowest BCUT2D eigenvalue weighted by Crippen LogP contribution is -2.41. The van der Waals surface area contributed by atoms with Crippen LogP contribution in [0.3, 0.4) is 0 Å². The van der Waals surface area contributed by atoms with Gasteiger partial charge in [-0.05, 0) is 62.4 Å². The predicted molar refractivity (Wildman–Crippen MR) is 87.4 cm³/mol. The number of halogens is 2. The molecule has 1 heterocycles. The molecule has 3 rings (SSSR count). The van der Waals surface area contributed by atoms with E-state index in [1.807, 2.05) is 0 Å². The minimum absolute atomic E-state index is 0.0963. The summed E-state index contributed by atoms with van der Waals surface area (Å²) in [6.07, 6.45) is 8.04. The van der Waals surface area contributed by atoms with Crippen molar-refractivity contribution in [3.05, 3.63) is 33.8 Å². The van der Waals surface area contributed by atoms with Crippen LogP contribution in [-0.4, -0.2) is 30.3 Å². The van der Waals surface area contributed by atoms with Gasteiger partial charge in [0.25, 0.3) is 0 Å². The summed E-state index contributed by atoms with van der Waals surface area (Å²) in [5.41, 5.74) is 1.18. The maximum absolute atomic E-state index is 12.4. The summed E-state index contributed by atoms with van der Waals surface area (Å²) in [6, 6.07) is 5.10. The van der Waals surface area contributed by atoms with Crippen LogP contribution in [0.15, 0.2) is 18.2 Å². The fourth-order valence-electron chi connectivity index (χ4n) is 3.81. The Morgan fingerprint density at radius 3 is 2.38 bits per heavy atom. The lowest BCUT2D eigenvalue weighted by atomic mass is 9.77. The predicted octanol–water partition coefficient (Wildman–Crippen LogP) is 4.83. The first-order valence-corrected chi connectivity index (χ1v) is 8.54. The molecule has 21 heavy (non-hydrogen) atoms. The van der Waals surface area contributed by atoms with Crippen LogP contribution in [0.25, 0.3) is 0 Å². The van der Waals surface area contributed by atoms with Gasteiger partial charge in [-0.2, -0.15) is 0 Å². The van der Waals surface area contributed by atoms with Gasteiger partial charge >= 0.3 is 0 Å². The first-order valence-electron chi connectivity index (χ1n) is 7.79. The summed E-state index contributed by atoms with van der Waals surface area (Å²) in [5.74, 6) is 0.0963. The highest BCUT2D eigenvalue weighted by Crippen LogP contribution is 2.46. The molecule has 2 nitrogen and oxygen atoms in total. The molecule has 1 aliphatic heterocycles. The van der Waals surface area contributed by atoms with Crippen LogP contribution >= 0.6 is 23.2 Å². The van der Waals surface area contributed by atoms with Gasteiger partial charge in [0.1, 0.15) is 0 Å². The molecule has 0 atom stereocenters. The summed E-state index contributed by atoms with van der Waals surface area (Å²) in [7, 11) is 0. The molecule has 0 radical (unpaired) electrons. The number of carbonyl (C=O) groups excluding carboxylic acids is 1. The molecule has 0 N–H and O–H groups in total. The van der Waals surface area contributed by atoms with Crippen LogP contribution in [0.4, 0.5) is 0 Å². The molecule has 114 valence electrons. The topological polar surface area (TPSA) is 20.3 Å². The van der Waals surface area contributed by atoms with Crippen molar-refractivity contribution >= 4 is 29.0 Å². The molecule has 0 bridgehead atoms. The summed E-state index contributed by atoms with van der Waals surface area (Å²) < 4.78 is 0. The second-order valence-electron chi connectivity index (χ2n) is 6.53. The molecule has 0 unspecified atom stereocenters. The summed E-state index contributed by atoms with van der Waals surface area (Å²) in [4.78, 5) is 14.7. The average molecular weight is 326 g/mol. The summed E-state index contributed by atoms with van der Waals surface area (Å²) in [6.45, 7) is 2.55. The Hall–Kier alpha value is -0.570. The molecule has 1 aromatic carbocycles. The number of piperidine rings is 1. The molecule has 2 fully saturated rings. The van der Waals surface area contributed by atoms with E-state index in [-0.39, 0.29) is 5.78 Å².